The van der Waals surface area contributed by atoms with Crippen LogP contribution in [-0.4, -0.2) is 4.92 Å². The predicted molar refractivity (Wildman–Crippen MR) is 90.6 cm³/mol. The third kappa shape index (κ3) is 2.19. The third-order valence-electron chi connectivity index (χ3n) is 5.10. The molecule has 0 aromatic heterocycles. The lowest BCUT2D eigenvalue weighted by Gasteiger charge is -2.38. The number of anilines is 1. The van der Waals surface area contributed by atoms with Crippen LogP contribution in [0.2, 0.25) is 0 Å². The molecule has 0 spiro atoms. The first-order valence-corrected chi connectivity index (χ1v) is 8.03. The summed E-state index contributed by atoms with van der Waals surface area (Å²) in [6.45, 7) is 1.86. The van der Waals surface area contributed by atoms with Crippen LogP contribution in [-0.2, 0) is 0 Å². The minimum absolute atomic E-state index is 0.0736. The van der Waals surface area contributed by atoms with Crippen LogP contribution in [0.1, 0.15) is 35.1 Å². The first-order valence-electron chi connectivity index (χ1n) is 8.03. The molecular formula is C19H17FN2O2. The molecule has 3 atom stereocenters. The summed E-state index contributed by atoms with van der Waals surface area (Å²) in [5, 5.41) is 14.6. The highest BCUT2D eigenvalue weighted by atomic mass is 19.1. The van der Waals surface area contributed by atoms with Gasteiger partial charge in [-0.1, -0.05) is 30.4 Å². The molecule has 122 valence electrons. The highest BCUT2D eigenvalue weighted by Crippen LogP contribution is 2.51. The van der Waals surface area contributed by atoms with Gasteiger partial charge in [-0.2, -0.15) is 0 Å². The van der Waals surface area contributed by atoms with E-state index in [0.717, 1.165) is 23.2 Å². The van der Waals surface area contributed by atoms with E-state index in [-0.39, 0.29) is 34.3 Å². The molecule has 4 nitrogen and oxygen atoms in total. The number of hydrogen-bond acceptors (Lipinski definition) is 3. The van der Waals surface area contributed by atoms with Gasteiger partial charge in [-0.3, -0.25) is 10.1 Å². The summed E-state index contributed by atoms with van der Waals surface area (Å²) in [6, 6.07) is 9.91. The van der Waals surface area contributed by atoms with Crippen LogP contribution >= 0.6 is 0 Å². The zero-order chi connectivity index (χ0) is 16.8. The maximum absolute atomic E-state index is 14.3. The van der Waals surface area contributed by atoms with Crippen molar-refractivity contribution in [1.82, 2.24) is 0 Å². The highest BCUT2D eigenvalue weighted by Gasteiger charge is 2.40. The Bertz CT molecular complexity index is 862. The van der Waals surface area contributed by atoms with Crippen molar-refractivity contribution in [3.8, 4) is 0 Å². The van der Waals surface area contributed by atoms with Crippen molar-refractivity contribution in [2.45, 2.75) is 25.3 Å². The number of nitrogens with one attached hydrogen (secondary N) is 1. The Morgan fingerprint density at radius 2 is 2.04 bits per heavy atom. The van der Waals surface area contributed by atoms with Crippen LogP contribution < -0.4 is 5.32 Å². The number of aryl methyl sites for hydroxylation is 1. The lowest BCUT2D eigenvalue weighted by molar-refractivity contribution is -0.385. The number of non-ortho nitro benzene ring substituents is 1. The van der Waals surface area contributed by atoms with E-state index in [1.807, 2.05) is 19.1 Å². The summed E-state index contributed by atoms with van der Waals surface area (Å²) in [5.41, 5.74) is 3.41. The number of nitro groups is 1. The minimum Gasteiger partial charge on any atom is -0.377 e. The van der Waals surface area contributed by atoms with E-state index >= 15 is 0 Å². The predicted octanol–water partition coefficient (Wildman–Crippen LogP) is 4.87. The topological polar surface area (TPSA) is 55.2 Å². The minimum atomic E-state index is -0.357. The molecule has 1 N–H and O–H groups in total. The maximum atomic E-state index is 14.3. The Morgan fingerprint density at radius 1 is 1.25 bits per heavy atom. The first-order chi connectivity index (χ1) is 11.6. The number of fused-ring (bicyclic) bond motifs is 3. The van der Waals surface area contributed by atoms with Crippen LogP contribution in [0.3, 0.4) is 0 Å². The Balaban J connectivity index is 1.85. The van der Waals surface area contributed by atoms with E-state index in [0.29, 0.717) is 5.56 Å². The van der Waals surface area contributed by atoms with Crippen molar-refractivity contribution >= 4 is 11.4 Å². The van der Waals surface area contributed by atoms with Gasteiger partial charge in [0.2, 0.25) is 0 Å². The summed E-state index contributed by atoms with van der Waals surface area (Å²) in [6.07, 6.45) is 5.02. The molecule has 2 aromatic rings. The van der Waals surface area contributed by atoms with E-state index in [9.17, 15) is 14.5 Å². The Labute approximate surface area is 139 Å². The zero-order valence-electron chi connectivity index (χ0n) is 13.2. The van der Waals surface area contributed by atoms with Gasteiger partial charge in [0.15, 0.2) is 0 Å². The molecule has 0 amide bonds. The molecule has 0 saturated carbocycles. The fraction of sp³-hybridized carbons (Fsp3) is 0.263. The molecule has 4 rings (SSSR count). The molecule has 0 unspecified atom stereocenters. The molecule has 0 radical (unpaired) electrons. The number of benzene rings is 2. The van der Waals surface area contributed by atoms with E-state index < -0.39 is 0 Å². The summed E-state index contributed by atoms with van der Waals surface area (Å²) in [5.74, 6) is 0.0175. The lowest BCUT2D eigenvalue weighted by Crippen LogP contribution is -2.30. The number of halogens is 1. The maximum Gasteiger partial charge on any atom is 0.270 e. The monoisotopic (exact) mass is 324 g/mol. The lowest BCUT2D eigenvalue weighted by atomic mass is 9.76. The van der Waals surface area contributed by atoms with Crippen LogP contribution in [0.4, 0.5) is 15.8 Å². The standard InChI is InChI=1S/C19H17FN2O2/c1-11-9-12(22(23)24)10-16-13-6-4-7-14(13)19(21-18(11)16)15-5-2-3-8-17(15)20/h2-6,8-10,13-14,19,21H,7H2,1H3/t13-,14-,19-/m0/s1. The van der Waals surface area contributed by atoms with Crippen molar-refractivity contribution in [1.29, 1.82) is 0 Å². The second-order valence-corrected chi connectivity index (χ2v) is 6.48. The molecule has 2 aliphatic rings. The van der Waals surface area contributed by atoms with Gasteiger partial charge in [-0.05, 0) is 36.5 Å². The van der Waals surface area contributed by atoms with Gasteiger partial charge in [-0.25, -0.2) is 4.39 Å². The smallest absolute Gasteiger partial charge is 0.270 e. The third-order valence-corrected chi connectivity index (χ3v) is 5.10. The van der Waals surface area contributed by atoms with Gasteiger partial charge in [0.05, 0.1) is 11.0 Å². The number of allylic oxidation sites excluding steroid dienone is 2. The molecule has 1 heterocycles. The second-order valence-electron chi connectivity index (χ2n) is 6.48. The largest absolute Gasteiger partial charge is 0.377 e. The van der Waals surface area contributed by atoms with Crippen molar-refractivity contribution in [2.24, 2.45) is 5.92 Å². The van der Waals surface area contributed by atoms with Crippen molar-refractivity contribution in [3.05, 3.63) is 81.2 Å². The van der Waals surface area contributed by atoms with E-state index in [4.69, 9.17) is 0 Å². The molecule has 1 aliphatic heterocycles. The SMILES string of the molecule is Cc1cc([N+](=O)[O-])cc2c1N[C@H](c1ccccc1F)[C@H]1CC=C[C@H]21. The molecule has 0 bridgehead atoms. The fourth-order valence-electron chi connectivity index (χ4n) is 4.01. The summed E-state index contributed by atoms with van der Waals surface area (Å²) >= 11 is 0. The number of nitrogens with zero attached hydrogens (tertiary/aromatic N) is 1. The van der Waals surface area contributed by atoms with Gasteiger partial charge in [0.1, 0.15) is 5.82 Å². The van der Waals surface area contributed by atoms with Gasteiger partial charge >= 0.3 is 0 Å². The van der Waals surface area contributed by atoms with Crippen molar-refractivity contribution < 1.29 is 9.31 Å². The Morgan fingerprint density at radius 3 is 2.79 bits per heavy atom. The van der Waals surface area contributed by atoms with Crippen LogP contribution in [0.15, 0.2) is 48.6 Å². The van der Waals surface area contributed by atoms with Crippen LogP contribution in [0.5, 0.6) is 0 Å². The Kier molecular flexibility index (Phi) is 3.37. The molecule has 0 saturated heterocycles. The number of hydrogen-bond donors (Lipinski definition) is 1. The normalized spacial score (nSPS) is 24.2. The van der Waals surface area contributed by atoms with Crippen LogP contribution in [0.25, 0.3) is 0 Å². The molecule has 0 fully saturated rings. The molecule has 2 aromatic carbocycles. The molecule has 24 heavy (non-hydrogen) atoms. The summed E-state index contributed by atoms with van der Waals surface area (Å²) in [4.78, 5) is 10.8. The van der Waals surface area contributed by atoms with Gasteiger partial charge in [0.25, 0.3) is 5.69 Å². The van der Waals surface area contributed by atoms with E-state index in [2.05, 4.69) is 17.5 Å². The summed E-state index contributed by atoms with van der Waals surface area (Å²) < 4.78 is 14.3. The first kappa shape index (κ1) is 14.9. The number of nitro benzene ring substituents is 1. The van der Waals surface area contributed by atoms with Crippen molar-refractivity contribution in [3.63, 3.8) is 0 Å². The second kappa shape index (κ2) is 5.44. The van der Waals surface area contributed by atoms with Crippen molar-refractivity contribution in [2.75, 3.05) is 5.32 Å². The average molecular weight is 324 g/mol. The Hall–Kier alpha value is -2.69. The van der Waals surface area contributed by atoms with Gasteiger partial charge in [-0.15, -0.1) is 0 Å². The average Bonchev–Trinajstić information content (AvgIpc) is 3.05. The fourth-order valence-corrected chi connectivity index (χ4v) is 4.01. The van der Waals surface area contributed by atoms with Crippen LogP contribution in [0, 0.1) is 28.8 Å². The summed E-state index contributed by atoms with van der Waals surface area (Å²) in [7, 11) is 0. The van der Waals surface area contributed by atoms with Gasteiger partial charge in [0, 0.05) is 29.3 Å². The number of rotatable bonds is 2. The molecular weight excluding hydrogens is 307 g/mol. The van der Waals surface area contributed by atoms with E-state index in [1.165, 1.54) is 6.07 Å². The zero-order valence-corrected chi connectivity index (χ0v) is 13.2. The quantitative estimate of drug-likeness (QED) is 0.487. The highest BCUT2D eigenvalue weighted by molar-refractivity contribution is 5.67. The molecule has 1 aliphatic carbocycles. The van der Waals surface area contributed by atoms with E-state index in [1.54, 1.807) is 18.2 Å². The van der Waals surface area contributed by atoms with Gasteiger partial charge < -0.3 is 5.32 Å². The molecule has 5 heteroatoms.